The first kappa shape index (κ1) is 16.6. The molecule has 0 N–H and O–H groups in total. The second-order valence-electron chi connectivity index (χ2n) is 6.66. The molecule has 1 aliphatic rings. The highest BCUT2D eigenvalue weighted by atomic mass is 127. The van der Waals surface area contributed by atoms with Crippen molar-refractivity contribution in [2.75, 3.05) is 14.1 Å². The molecular formula is C17H25ClIN. The molecule has 1 fully saturated rings. The lowest BCUT2D eigenvalue weighted by molar-refractivity contribution is 0.0934. The van der Waals surface area contributed by atoms with Crippen molar-refractivity contribution >= 4 is 34.2 Å². The van der Waals surface area contributed by atoms with Gasteiger partial charge in [0.15, 0.2) is 0 Å². The lowest BCUT2D eigenvalue weighted by atomic mass is 9.58. The maximum absolute atomic E-state index is 6.07. The Bertz CT molecular complexity index is 443. The molecule has 0 aliphatic heterocycles. The third-order valence-electron chi connectivity index (χ3n) is 4.66. The molecule has 0 bridgehead atoms. The molecule has 3 heteroatoms. The minimum Gasteiger partial charge on any atom is -0.306 e. The first-order valence-electron chi connectivity index (χ1n) is 7.44. The number of halogens is 2. The molecule has 0 aromatic heterocycles. The number of nitrogens with zero attached hydrogens (tertiary/aromatic N) is 1. The number of rotatable bonds is 5. The largest absolute Gasteiger partial charge is 0.306 e. The van der Waals surface area contributed by atoms with Crippen molar-refractivity contribution in [2.45, 2.75) is 48.5 Å². The van der Waals surface area contributed by atoms with Crippen molar-refractivity contribution in [2.24, 2.45) is 5.92 Å². The maximum atomic E-state index is 6.07. The highest BCUT2D eigenvalue weighted by Crippen LogP contribution is 2.53. The van der Waals surface area contributed by atoms with Crippen LogP contribution in [0.4, 0.5) is 0 Å². The van der Waals surface area contributed by atoms with Crippen molar-refractivity contribution < 1.29 is 0 Å². The summed E-state index contributed by atoms with van der Waals surface area (Å²) >= 11 is 8.73. The summed E-state index contributed by atoms with van der Waals surface area (Å²) in [4.78, 5) is 2.43. The molecule has 2 rings (SSSR count). The van der Waals surface area contributed by atoms with Crippen LogP contribution in [-0.2, 0) is 5.41 Å². The van der Waals surface area contributed by atoms with E-state index in [4.69, 9.17) is 11.6 Å². The summed E-state index contributed by atoms with van der Waals surface area (Å²) in [5.74, 6) is 0.718. The third kappa shape index (κ3) is 3.02. The van der Waals surface area contributed by atoms with Crippen LogP contribution in [0.3, 0.4) is 0 Å². The van der Waals surface area contributed by atoms with Crippen LogP contribution in [0.1, 0.15) is 38.7 Å². The molecular weight excluding hydrogens is 381 g/mol. The molecule has 3 unspecified atom stereocenters. The fraction of sp³-hybridized carbons (Fsp3) is 0.647. The van der Waals surface area contributed by atoms with Gasteiger partial charge in [0.1, 0.15) is 0 Å². The molecule has 1 nitrogen and oxygen atoms in total. The Labute approximate surface area is 142 Å². The van der Waals surface area contributed by atoms with E-state index in [0.29, 0.717) is 15.4 Å². The van der Waals surface area contributed by atoms with Gasteiger partial charge in [0.25, 0.3) is 0 Å². The van der Waals surface area contributed by atoms with Crippen LogP contribution in [0.25, 0.3) is 0 Å². The summed E-state index contributed by atoms with van der Waals surface area (Å²) < 4.78 is 0.715. The zero-order valence-corrected chi connectivity index (χ0v) is 15.8. The summed E-state index contributed by atoms with van der Waals surface area (Å²) in [6, 6.07) is 9.16. The minimum absolute atomic E-state index is 0.291. The van der Waals surface area contributed by atoms with Gasteiger partial charge in [-0.25, -0.2) is 0 Å². The molecule has 112 valence electrons. The standard InChI is InChI=1S/C17H25ClIN/c1-12(2)11-16(20(3)4)17(10-9-15(17)19)13-5-7-14(18)8-6-13/h5-8,12,15-16H,9-11H2,1-4H3. The SMILES string of the molecule is CC(C)CC(N(C)C)C1(c2ccc(Cl)cc2)CCC1I. The van der Waals surface area contributed by atoms with Crippen LogP contribution in [0.15, 0.2) is 24.3 Å². The first-order chi connectivity index (χ1) is 9.37. The van der Waals surface area contributed by atoms with E-state index >= 15 is 0 Å². The summed E-state index contributed by atoms with van der Waals surface area (Å²) in [5, 5.41) is 0.832. The van der Waals surface area contributed by atoms with Gasteiger partial charge in [-0.05, 0) is 57.0 Å². The summed E-state index contributed by atoms with van der Waals surface area (Å²) in [7, 11) is 4.46. The first-order valence-corrected chi connectivity index (χ1v) is 9.07. The Balaban J connectivity index is 2.40. The average Bonchev–Trinajstić information content (AvgIpc) is 2.38. The van der Waals surface area contributed by atoms with Gasteiger partial charge in [0.2, 0.25) is 0 Å². The van der Waals surface area contributed by atoms with Crippen LogP contribution in [0, 0.1) is 5.92 Å². The second-order valence-corrected chi connectivity index (χ2v) is 8.60. The van der Waals surface area contributed by atoms with Crippen molar-refractivity contribution in [3.8, 4) is 0 Å². The van der Waals surface area contributed by atoms with Crippen molar-refractivity contribution in [1.29, 1.82) is 0 Å². The van der Waals surface area contributed by atoms with Gasteiger partial charge in [-0.1, -0.05) is 60.2 Å². The van der Waals surface area contributed by atoms with Gasteiger partial charge < -0.3 is 4.90 Å². The lowest BCUT2D eigenvalue weighted by Gasteiger charge is -2.55. The third-order valence-corrected chi connectivity index (χ3v) is 6.65. The van der Waals surface area contributed by atoms with E-state index < -0.39 is 0 Å². The summed E-state index contributed by atoms with van der Waals surface area (Å²) in [6.07, 6.45) is 3.86. The smallest absolute Gasteiger partial charge is 0.0406 e. The van der Waals surface area contributed by atoms with Gasteiger partial charge in [-0.2, -0.15) is 0 Å². The molecule has 20 heavy (non-hydrogen) atoms. The predicted octanol–water partition coefficient (Wildman–Crippen LogP) is 5.15. The Morgan fingerprint density at radius 1 is 1.30 bits per heavy atom. The van der Waals surface area contributed by atoms with E-state index in [1.54, 1.807) is 0 Å². The minimum atomic E-state index is 0.291. The van der Waals surface area contributed by atoms with Crippen LogP contribution in [0.2, 0.25) is 5.02 Å². The van der Waals surface area contributed by atoms with Crippen LogP contribution in [-0.4, -0.2) is 29.0 Å². The van der Waals surface area contributed by atoms with E-state index in [2.05, 4.69) is 67.6 Å². The van der Waals surface area contributed by atoms with Crippen molar-refractivity contribution in [3.63, 3.8) is 0 Å². The van der Waals surface area contributed by atoms with E-state index in [1.807, 2.05) is 12.1 Å². The molecule has 1 aromatic rings. The van der Waals surface area contributed by atoms with E-state index in [-0.39, 0.29) is 0 Å². The molecule has 1 aromatic carbocycles. The van der Waals surface area contributed by atoms with Gasteiger partial charge >= 0.3 is 0 Å². The van der Waals surface area contributed by atoms with E-state index in [9.17, 15) is 0 Å². The van der Waals surface area contributed by atoms with E-state index in [0.717, 1.165) is 10.9 Å². The average molecular weight is 406 g/mol. The topological polar surface area (TPSA) is 3.24 Å². The quantitative estimate of drug-likeness (QED) is 0.483. The monoisotopic (exact) mass is 405 g/mol. The fourth-order valence-corrected chi connectivity index (χ4v) is 5.07. The summed E-state index contributed by atoms with van der Waals surface area (Å²) in [6.45, 7) is 4.65. The molecule has 1 aliphatic carbocycles. The van der Waals surface area contributed by atoms with Crippen LogP contribution < -0.4 is 0 Å². The number of hydrogen-bond donors (Lipinski definition) is 0. The second kappa shape index (κ2) is 6.53. The lowest BCUT2D eigenvalue weighted by Crippen LogP contribution is -2.59. The maximum Gasteiger partial charge on any atom is 0.0406 e. The zero-order chi connectivity index (χ0) is 14.9. The highest BCUT2D eigenvalue weighted by molar-refractivity contribution is 14.1. The van der Waals surface area contributed by atoms with Crippen LogP contribution in [0.5, 0.6) is 0 Å². The van der Waals surface area contributed by atoms with Crippen molar-refractivity contribution in [3.05, 3.63) is 34.9 Å². The predicted molar refractivity (Wildman–Crippen MR) is 97.1 cm³/mol. The van der Waals surface area contributed by atoms with Gasteiger partial charge in [0.05, 0.1) is 0 Å². The van der Waals surface area contributed by atoms with Gasteiger partial charge in [-0.3, -0.25) is 0 Å². The van der Waals surface area contributed by atoms with Gasteiger partial charge in [-0.15, -0.1) is 0 Å². The highest BCUT2D eigenvalue weighted by Gasteiger charge is 2.52. The molecule has 3 atom stereocenters. The molecule has 0 saturated heterocycles. The van der Waals surface area contributed by atoms with E-state index in [1.165, 1.54) is 24.8 Å². The summed E-state index contributed by atoms with van der Waals surface area (Å²) in [5.41, 5.74) is 1.76. The molecule has 1 saturated carbocycles. The normalized spacial score (nSPS) is 27.7. The molecule has 0 amide bonds. The Kier molecular flexibility index (Phi) is 5.41. The Morgan fingerprint density at radius 3 is 2.25 bits per heavy atom. The Morgan fingerprint density at radius 2 is 1.90 bits per heavy atom. The van der Waals surface area contributed by atoms with Gasteiger partial charge in [0, 0.05) is 20.4 Å². The number of hydrogen-bond acceptors (Lipinski definition) is 1. The number of alkyl halides is 1. The molecule has 0 spiro atoms. The molecule has 0 heterocycles. The van der Waals surface area contributed by atoms with Crippen molar-refractivity contribution in [1.82, 2.24) is 4.90 Å². The number of benzene rings is 1. The fourth-order valence-electron chi connectivity index (χ4n) is 3.55. The molecule has 0 radical (unpaired) electrons. The zero-order valence-electron chi connectivity index (χ0n) is 12.9. The Hall–Kier alpha value is 0.200. The van der Waals surface area contributed by atoms with Crippen LogP contribution >= 0.6 is 34.2 Å². The number of likely N-dealkylation sites (N-methyl/N-ethyl adjacent to an activating group) is 1.